The summed E-state index contributed by atoms with van der Waals surface area (Å²) in [5.41, 5.74) is 0.677. The highest BCUT2D eigenvalue weighted by Gasteiger charge is 2.31. The van der Waals surface area contributed by atoms with Crippen molar-refractivity contribution in [3.05, 3.63) is 46.8 Å². The Morgan fingerprint density at radius 2 is 2.04 bits per heavy atom. The summed E-state index contributed by atoms with van der Waals surface area (Å²) in [7, 11) is 0. The zero-order valence-electron chi connectivity index (χ0n) is 14.2. The van der Waals surface area contributed by atoms with Gasteiger partial charge in [-0.2, -0.15) is 0 Å². The first-order chi connectivity index (χ1) is 11.1. The molecule has 1 atom stereocenters. The number of hydrogen-bond acceptors (Lipinski definition) is 3. The number of carbonyl (C=O) groups is 1. The summed E-state index contributed by atoms with van der Waals surface area (Å²) in [6.07, 6.45) is 5.16. The highest BCUT2D eigenvalue weighted by Crippen LogP contribution is 2.33. The van der Waals surface area contributed by atoms with Crippen LogP contribution in [-0.2, 0) is 6.42 Å². The van der Waals surface area contributed by atoms with Crippen LogP contribution in [0.25, 0.3) is 0 Å². The average Bonchev–Trinajstić information content (AvgIpc) is 3.05. The molecule has 1 unspecified atom stereocenters. The van der Waals surface area contributed by atoms with Crippen molar-refractivity contribution in [1.82, 2.24) is 4.90 Å². The third-order valence-corrected chi connectivity index (χ3v) is 4.64. The molecule has 0 saturated carbocycles. The highest BCUT2D eigenvalue weighted by molar-refractivity contribution is 5.95. The van der Waals surface area contributed by atoms with Gasteiger partial charge in [0.25, 0.3) is 5.91 Å². The standard InChI is InChI=1S/C19H25NO3/c1-4-15-9-10-18(23-15)17-8-6-5-7-11-20(17)19(21)16-12-13(2)22-14(16)3/h9-10,12,17H,4-8,11H2,1-3H3. The largest absolute Gasteiger partial charge is 0.466 e. The third kappa shape index (κ3) is 3.21. The molecule has 1 aliphatic rings. The lowest BCUT2D eigenvalue weighted by Gasteiger charge is -2.28. The van der Waals surface area contributed by atoms with Gasteiger partial charge in [0, 0.05) is 13.0 Å². The van der Waals surface area contributed by atoms with Crippen LogP contribution in [-0.4, -0.2) is 17.4 Å². The lowest BCUT2D eigenvalue weighted by atomic mass is 10.1. The summed E-state index contributed by atoms with van der Waals surface area (Å²) in [6, 6.07) is 5.93. The fraction of sp³-hybridized carbons (Fsp3) is 0.526. The van der Waals surface area contributed by atoms with Gasteiger partial charge >= 0.3 is 0 Å². The summed E-state index contributed by atoms with van der Waals surface area (Å²) < 4.78 is 11.5. The molecule has 1 aliphatic heterocycles. The number of aryl methyl sites for hydroxylation is 3. The van der Waals surface area contributed by atoms with Gasteiger partial charge in [-0.25, -0.2) is 0 Å². The van der Waals surface area contributed by atoms with Gasteiger partial charge in [0.15, 0.2) is 0 Å². The van der Waals surface area contributed by atoms with E-state index in [1.807, 2.05) is 36.9 Å². The monoisotopic (exact) mass is 315 g/mol. The Labute approximate surface area is 137 Å². The van der Waals surface area contributed by atoms with Crippen LogP contribution in [0.5, 0.6) is 0 Å². The predicted molar refractivity (Wildman–Crippen MR) is 88.5 cm³/mol. The number of carbonyl (C=O) groups excluding carboxylic acids is 1. The molecule has 124 valence electrons. The third-order valence-electron chi connectivity index (χ3n) is 4.64. The van der Waals surface area contributed by atoms with Gasteiger partial charge in [-0.3, -0.25) is 4.79 Å². The molecule has 23 heavy (non-hydrogen) atoms. The smallest absolute Gasteiger partial charge is 0.258 e. The molecule has 0 aromatic carbocycles. The minimum absolute atomic E-state index is 0.0277. The Morgan fingerprint density at radius 3 is 2.70 bits per heavy atom. The van der Waals surface area contributed by atoms with Crippen LogP contribution in [0, 0.1) is 13.8 Å². The van der Waals surface area contributed by atoms with Crippen molar-refractivity contribution in [2.45, 2.75) is 58.9 Å². The maximum atomic E-state index is 13.1. The van der Waals surface area contributed by atoms with Crippen LogP contribution in [0.1, 0.15) is 72.0 Å². The first kappa shape index (κ1) is 15.9. The van der Waals surface area contributed by atoms with E-state index in [9.17, 15) is 4.79 Å². The molecule has 1 saturated heterocycles. The fourth-order valence-corrected chi connectivity index (χ4v) is 3.41. The van der Waals surface area contributed by atoms with Crippen LogP contribution >= 0.6 is 0 Å². The summed E-state index contributed by atoms with van der Waals surface area (Å²) in [5, 5.41) is 0. The van der Waals surface area contributed by atoms with E-state index in [1.54, 1.807) is 0 Å². The Bertz CT molecular complexity index is 683. The van der Waals surface area contributed by atoms with Crippen molar-refractivity contribution in [2.75, 3.05) is 6.54 Å². The van der Waals surface area contributed by atoms with E-state index < -0.39 is 0 Å². The number of amides is 1. The molecule has 4 heteroatoms. The molecular weight excluding hydrogens is 290 g/mol. The second kappa shape index (κ2) is 6.65. The van der Waals surface area contributed by atoms with Crippen molar-refractivity contribution in [1.29, 1.82) is 0 Å². The molecular formula is C19H25NO3. The quantitative estimate of drug-likeness (QED) is 0.816. The summed E-state index contributed by atoms with van der Waals surface area (Å²) in [5.74, 6) is 3.43. The van der Waals surface area contributed by atoms with Crippen molar-refractivity contribution in [3.63, 3.8) is 0 Å². The van der Waals surface area contributed by atoms with Gasteiger partial charge in [-0.05, 0) is 44.9 Å². The van der Waals surface area contributed by atoms with Crippen molar-refractivity contribution < 1.29 is 13.6 Å². The molecule has 4 nitrogen and oxygen atoms in total. The molecule has 0 bridgehead atoms. The zero-order chi connectivity index (χ0) is 16.4. The Balaban J connectivity index is 1.92. The SMILES string of the molecule is CCc1ccc(C2CCCCCN2C(=O)c2cc(C)oc2C)o1. The highest BCUT2D eigenvalue weighted by atomic mass is 16.3. The topological polar surface area (TPSA) is 46.6 Å². The molecule has 0 radical (unpaired) electrons. The van der Waals surface area contributed by atoms with E-state index >= 15 is 0 Å². The average molecular weight is 315 g/mol. The van der Waals surface area contributed by atoms with Crippen LogP contribution in [0.2, 0.25) is 0 Å². The maximum absolute atomic E-state index is 13.1. The van der Waals surface area contributed by atoms with E-state index in [-0.39, 0.29) is 11.9 Å². The zero-order valence-corrected chi connectivity index (χ0v) is 14.2. The van der Waals surface area contributed by atoms with Crippen molar-refractivity contribution >= 4 is 5.91 Å². The maximum Gasteiger partial charge on any atom is 0.258 e. The van der Waals surface area contributed by atoms with E-state index in [0.29, 0.717) is 11.3 Å². The summed E-state index contributed by atoms with van der Waals surface area (Å²) in [6.45, 7) is 6.59. The van der Waals surface area contributed by atoms with Gasteiger partial charge in [-0.1, -0.05) is 19.8 Å². The second-order valence-electron chi connectivity index (χ2n) is 6.35. The Morgan fingerprint density at radius 1 is 1.22 bits per heavy atom. The second-order valence-corrected chi connectivity index (χ2v) is 6.35. The Hall–Kier alpha value is -1.97. The molecule has 1 fully saturated rings. The van der Waals surface area contributed by atoms with E-state index in [2.05, 4.69) is 6.92 Å². The molecule has 1 amide bonds. The first-order valence-corrected chi connectivity index (χ1v) is 8.56. The normalized spacial score (nSPS) is 18.9. The van der Waals surface area contributed by atoms with Crippen molar-refractivity contribution in [2.24, 2.45) is 0 Å². The lowest BCUT2D eigenvalue weighted by molar-refractivity contribution is 0.0655. The summed E-state index contributed by atoms with van der Waals surface area (Å²) in [4.78, 5) is 15.0. The predicted octanol–water partition coefficient (Wildman–Crippen LogP) is 4.81. The van der Waals surface area contributed by atoms with Crippen LogP contribution in [0.3, 0.4) is 0 Å². The molecule has 2 aromatic heterocycles. The van der Waals surface area contributed by atoms with Gasteiger partial charge in [0.05, 0.1) is 11.6 Å². The number of furan rings is 2. The van der Waals surface area contributed by atoms with E-state index in [1.165, 1.54) is 0 Å². The Kier molecular flexibility index (Phi) is 4.60. The van der Waals surface area contributed by atoms with Gasteiger partial charge in [-0.15, -0.1) is 0 Å². The molecule has 2 aromatic rings. The van der Waals surface area contributed by atoms with Gasteiger partial charge in [0.1, 0.15) is 23.0 Å². The minimum atomic E-state index is 0.0277. The van der Waals surface area contributed by atoms with Crippen LogP contribution < -0.4 is 0 Å². The fourth-order valence-electron chi connectivity index (χ4n) is 3.41. The molecule has 0 spiro atoms. The number of hydrogen-bond donors (Lipinski definition) is 0. The molecule has 3 rings (SSSR count). The minimum Gasteiger partial charge on any atom is -0.466 e. The molecule has 0 N–H and O–H groups in total. The number of rotatable bonds is 3. The summed E-state index contributed by atoms with van der Waals surface area (Å²) >= 11 is 0. The van der Waals surface area contributed by atoms with E-state index in [4.69, 9.17) is 8.83 Å². The van der Waals surface area contributed by atoms with Gasteiger partial charge in [0.2, 0.25) is 0 Å². The van der Waals surface area contributed by atoms with Crippen LogP contribution in [0.4, 0.5) is 0 Å². The van der Waals surface area contributed by atoms with Gasteiger partial charge < -0.3 is 13.7 Å². The first-order valence-electron chi connectivity index (χ1n) is 8.56. The molecule has 3 heterocycles. The lowest BCUT2D eigenvalue weighted by Crippen LogP contribution is -2.34. The van der Waals surface area contributed by atoms with Crippen LogP contribution in [0.15, 0.2) is 27.0 Å². The van der Waals surface area contributed by atoms with Crippen molar-refractivity contribution in [3.8, 4) is 0 Å². The van der Waals surface area contributed by atoms with E-state index in [0.717, 1.165) is 55.9 Å². The molecule has 0 aliphatic carbocycles. The number of nitrogens with zero attached hydrogens (tertiary/aromatic N) is 1. The number of likely N-dealkylation sites (tertiary alicyclic amines) is 1.